The fourth-order valence-corrected chi connectivity index (χ4v) is 2.69. The first-order valence-corrected chi connectivity index (χ1v) is 11.2. The van der Waals surface area contributed by atoms with Crippen LogP contribution in [-0.2, 0) is 9.47 Å². The zero-order valence-corrected chi connectivity index (χ0v) is 21.8. The van der Waals surface area contributed by atoms with E-state index in [1.807, 2.05) is 0 Å². The highest BCUT2D eigenvalue weighted by Crippen LogP contribution is 2.28. The van der Waals surface area contributed by atoms with Crippen molar-refractivity contribution < 1.29 is 38.1 Å². The molecule has 2 aromatic rings. The zero-order chi connectivity index (χ0) is 27.8. The molecule has 0 aromatic heterocycles. The molecule has 0 unspecified atom stereocenters. The molecule has 11 nitrogen and oxygen atoms in total. The maximum atomic E-state index is 12.6. The van der Waals surface area contributed by atoms with Gasteiger partial charge in [-0.2, -0.15) is 0 Å². The first-order valence-electron chi connectivity index (χ1n) is 11.2. The second-order valence-corrected chi connectivity index (χ2v) is 9.68. The van der Waals surface area contributed by atoms with Crippen LogP contribution in [0.5, 0.6) is 11.5 Å². The van der Waals surface area contributed by atoms with E-state index < -0.39 is 29.4 Å². The highest BCUT2D eigenvalue weighted by Gasteiger charge is 2.21. The van der Waals surface area contributed by atoms with Crippen LogP contribution in [0.4, 0.5) is 15.3 Å². The summed E-state index contributed by atoms with van der Waals surface area (Å²) in [6.45, 7) is 10.1. The van der Waals surface area contributed by atoms with Crippen molar-refractivity contribution in [2.75, 3.05) is 7.11 Å². The predicted octanol–water partition coefficient (Wildman–Crippen LogP) is 4.76. The lowest BCUT2D eigenvalue weighted by molar-refractivity contribution is 0.0544. The number of nitrogens with zero attached hydrogens (tertiary/aromatic N) is 1. The number of alkyl carbamates (subject to hydrolysis) is 2. The number of amides is 2. The number of hydrogen-bond donors (Lipinski definition) is 2. The second kappa shape index (κ2) is 12.0. The molecule has 37 heavy (non-hydrogen) atoms. The van der Waals surface area contributed by atoms with Gasteiger partial charge in [-0.1, -0.05) is 0 Å². The fourth-order valence-electron chi connectivity index (χ4n) is 2.69. The number of esters is 1. The quantitative estimate of drug-likeness (QED) is 0.192. The van der Waals surface area contributed by atoms with E-state index >= 15 is 0 Å². The molecular formula is C26H31N3O8. The Bertz CT molecular complexity index is 1140. The lowest BCUT2D eigenvalue weighted by Crippen LogP contribution is -2.47. The van der Waals surface area contributed by atoms with Crippen molar-refractivity contribution in [3.05, 3.63) is 53.6 Å². The average molecular weight is 514 g/mol. The Morgan fingerprint density at radius 2 is 1.35 bits per heavy atom. The van der Waals surface area contributed by atoms with Crippen molar-refractivity contribution in [1.29, 1.82) is 0 Å². The minimum absolute atomic E-state index is 0.144. The number of aldehydes is 1. The molecule has 0 aliphatic rings. The highest BCUT2D eigenvalue weighted by atomic mass is 16.6. The molecule has 0 radical (unpaired) electrons. The molecule has 0 fully saturated rings. The summed E-state index contributed by atoms with van der Waals surface area (Å²) < 4.78 is 21.0. The van der Waals surface area contributed by atoms with Gasteiger partial charge in [0.15, 0.2) is 11.5 Å². The van der Waals surface area contributed by atoms with Gasteiger partial charge in [0.25, 0.3) is 0 Å². The van der Waals surface area contributed by atoms with Crippen molar-refractivity contribution in [3.8, 4) is 11.5 Å². The van der Waals surface area contributed by atoms with Gasteiger partial charge in [-0.25, -0.2) is 19.4 Å². The van der Waals surface area contributed by atoms with Crippen LogP contribution in [-0.4, -0.2) is 48.7 Å². The Labute approximate surface area is 215 Å². The number of aliphatic imine (C=N–C) groups is 1. The van der Waals surface area contributed by atoms with E-state index in [4.69, 9.17) is 18.9 Å². The van der Waals surface area contributed by atoms with Gasteiger partial charge >= 0.3 is 18.2 Å². The maximum absolute atomic E-state index is 12.6. The van der Waals surface area contributed by atoms with E-state index in [2.05, 4.69) is 15.6 Å². The third-order valence-corrected chi connectivity index (χ3v) is 4.11. The van der Waals surface area contributed by atoms with Gasteiger partial charge < -0.3 is 18.9 Å². The Hall–Kier alpha value is -4.41. The van der Waals surface area contributed by atoms with Gasteiger partial charge in [0, 0.05) is 5.56 Å². The van der Waals surface area contributed by atoms with Gasteiger partial charge in [0.2, 0.25) is 5.96 Å². The first kappa shape index (κ1) is 28.8. The topological polar surface area (TPSA) is 142 Å². The van der Waals surface area contributed by atoms with Crippen LogP contribution in [0.1, 0.15) is 62.3 Å². The number of carbonyl (C=O) groups is 4. The molecule has 2 N–H and O–H groups in total. The van der Waals surface area contributed by atoms with E-state index in [9.17, 15) is 19.2 Å². The molecule has 11 heteroatoms. The third-order valence-electron chi connectivity index (χ3n) is 4.11. The summed E-state index contributed by atoms with van der Waals surface area (Å²) in [5.74, 6) is -0.540. The molecule has 198 valence electrons. The number of carbonyl (C=O) groups excluding carboxylic acids is 4. The number of nitrogens with one attached hydrogen (secondary N) is 2. The summed E-state index contributed by atoms with van der Waals surface area (Å²) in [5.41, 5.74) is -0.693. The fraction of sp³-hybridized carbons (Fsp3) is 0.346. The van der Waals surface area contributed by atoms with Gasteiger partial charge in [0.1, 0.15) is 17.5 Å². The number of guanidine groups is 1. The van der Waals surface area contributed by atoms with Gasteiger partial charge in [-0.15, -0.1) is 0 Å². The predicted molar refractivity (Wildman–Crippen MR) is 136 cm³/mol. The Balaban J connectivity index is 2.22. The Morgan fingerprint density at radius 1 is 0.811 bits per heavy atom. The summed E-state index contributed by atoms with van der Waals surface area (Å²) in [6.07, 6.45) is -1.02. The first-order chi connectivity index (χ1) is 17.2. The van der Waals surface area contributed by atoms with Crippen LogP contribution < -0.4 is 20.1 Å². The number of methoxy groups -OCH3 is 1. The van der Waals surface area contributed by atoms with Gasteiger partial charge in [-0.3, -0.25) is 15.4 Å². The number of ether oxygens (including phenoxy) is 4. The van der Waals surface area contributed by atoms with Crippen LogP contribution in [0.3, 0.4) is 0 Å². The minimum atomic E-state index is -0.836. The summed E-state index contributed by atoms with van der Waals surface area (Å²) in [5, 5.41) is 4.75. The number of rotatable bonds is 5. The second-order valence-electron chi connectivity index (χ2n) is 9.68. The monoisotopic (exact) mass is 513 g/mol. The lowest BCUT2D eigenvalue weighted by Gasteiger charge is -2.22. The molecular weight excluding hydrogens is 482 g/mol. The molecule has 0 bridgehead atoms. The molecule has 0 spiro atoms. The summed E-state index contributed by atoms with van der Waals surface area (Å²) in [6, 6.07) is 10.3. The van der Waals surface area contributed by atoms with Crippen LogP contribution in [0, 0.1) is 0 Å². The average Bonchev–Trinajstić information content (AvgIpc) is 2.77. The van der Waals surface area contributed by atoms with Gasteiger partial charge in [0.05, 0.1) is 18.4 Å². The minimum Gasteiger partial charge on any atom is -0.493 e. The summed E-state index contributed by atoms with van der Waals surface area (Å²) in [7, 11) is 1.39. The standard InChI is InChI=1S/C26H31N3O8/c1-25(2,3)36-23(32)28-22(29-24(33)37-26(4,5)6)27-18-11-9-17(10-12-18)21(31)35-19-13-8-16(15-30)14-20(19)34-7/h8-15H,1-7H3,(H2,27,28,29,32,33). The maximum Gasteiger partial charge on any atom is 0.414 e. The molecule has 0 atom stereocenters. The molecule has 2 aromatic carbocycles. The molecule has 0 saturated heterocycles. The molecule has 0 saturated carbocycles. The molecule has 0 heterocycles. The van der Waals surface area contributed by atoms with E-state index in [1.54, 1.807) is 41.5 Å². The van der Waals surface area contributed by atoms with E-state index in [1.165, 1.54) is 49.6 Å². The number of benzene rings is 2. The van der Waals surface area contributed by atoms with Crippen molar-refractivity contribution in [2.24, 2.45) is 4.99 Å². The molecule has 2 rings (SSSR count). The Kier molecular flexibility index (Phi) is 9.36. The van der Waals surface area contributed by atoms with Crippen molar-refractivity contribution in [1.82, 2.24) is 10.6 Å². The van der Waals surface area contributed by atoms with Gasteiger partial charge in [-0.05, 0) is 84.0 Å². The van der Waals surface area contributed by atoms with Crippen LogP contribution in [0.25, 0.3) is 0 Å². The SMILES string of the molecule is COc1cc(C=O)ccc1OC(=O)c1ccc(N=C(NC(=O)OC(C)(C)C)NC(=O)OC(C)(C)C)cc1. The van der Waals surface area contributed by atoms with E-state index in [0.29, 0.717) is 17.5 Å². The van der Waals surface area contributed by atoms with Crippen LogP contribution in [0.2, 0.25) is 0 Å². The molecule has 0 aliphatic carbocycles. The van der Waals surface area contributed by atoms with E-state index in [-0.39, 0.29) is 23.0 Å². The smallest absolute Gasteiger partial charge is 0.414 e. The van der Waals surface area contributed by atoms with Crippen molar-refractivity contribution in [3.63, 3.8) is 0 Å². The molecule has 2 amide bonds. The zero-order valence-electron chi connectivity index (χ0n) is 21.8. The highest BCUT2D eigenvalue weighted by molar-refractivity contribution is 6.02. The third kappa shape index (κ3) is 10.0. The number of hydrogen-bond acceptors (Lipinski definition) is 9. The Morgan fingerprint density at radius 3 is 1.81 bits per heavy atom. The largest absolute Gasteiger partial charge is 0.493 e. The summed E-state index contributed by atoms with van der Waals surface area (Å²) in [4.78, 5) is 52.2. The van der Waals surface area contributed by atoms with E-state index in [0.717, 1.165) is 0 Å². The lowest BCUT2D eigenvalue weighted by atomic mass is 10.2. The van der Waals surface area contributed by atoms with Crippen LogP contribution >= 0.6 is 0 Å². The van der Waals surface area contributed by atoms with Crippen molar-refractivity contribution in [2.45, 2.75) is 52.7 Å². The normalized spacial score (nSPS) is 11.0. The summed E-state index contributed by atoms with van der Waals surface area (Å²) >= 11 is 0. The van der Waals surface area contributed by atoms with Crippen LogP contribution in [0.15, 0.2) is 47.5 Å². The molecule has 0 aliphatic heterocycles. The van der Waals surface area contributed by atoms with Crippen molar-refractivity contribution >= 4 is 36.1 Å².